The molecule has 2 nitrogen and oxygen atoms in total. The molecule has 0 spiro atoms. The maximum Gasteiger partial charge on any atom is 0.216 e. The number of ether oxygens (including phenoxy) is 1. The minimum atomic E-state index is -0.232. The van der Waals surface area contributed by atoms with Gasteiger partial charge < -0.3 is 4.74 Å². The van der Waals surface area contributed by atoms with E-state index in [0.29, 0.717) is 12.5 Å². The molecule has 0 aromatic heterocycles. The molecule has 0 unspecified atom stereocenters. The van der Waals surface area contributed by atoms with Crippen LogP contribution in [0.5, 0.6) is 0 Å². The van der Waals surface area contributed by atoms with E-state index in [1.165, 1.54) is 12.1 Å². The number of halogens is 1. The summed E-state index contributed by atoms with van der Waals surface area (Å²) in [5.74, 6) is 0.426. The molecule has 0 radical (unpaired) electrons. The smallest absolute Gasteiger partial charge is 0.216 e. The molecular weight excluding hydrogens is 229 g/mol. The van der Waals surface area contributed by atoms with Crippen molar-refractivity contribution in [1.29, 1.82) is 0 Å². The molecule has 90 valence electrons. The van der Waals surface area contributed by atoms with Gasteiger partial charge in [0.2, 0.25) is 5.90 Å². The van der Waals surface area contributed by atoms with Gasteiger partial charge in [-0.1, -0.05) is 30.3 Å². The number of nitrogens with zero attached hydrogens (tertiary/aromatic N) is 1. The lowest BCUT2D eigenvalue weighted by Gasteiger charge is -2.04. The van der Waals surface area contributed by atoms with Crippen LogP contribution in [-0.4, -0.2) is 12.5 Å². The van der Waals surface area contributed by atoms with Crippen molar-refractivity contribution < 1.29 is 9.13 Å². The SMILES string of the molecule is Fc1ccc([C@@H]2COC(c3ccccc3)=N2)cc1. The molecule has 3 rings (SSSR count). The van der Waals surface area contributed by atoms with Gasteiger partial charge in [-0.2, -0.15) is 0 Å². The first-order chi connectivity index (χ1) is 8.83. The fourth-order valence-electron chi connectivity index (χ4n) is 1.97. The van der Waals surface area contributed by atoms with Crippen LogP contribution < -0.4 is 0 Å². The second kappa shape index (κ2) is 4.61. The van der Waals surface area contributed by atoms with Crippen LogP contribution in [0.4, 0.5) is 4.39 Å². The Balaban J connectivity index is 1.85. The Hall–Kier alpha value is -2.16. The van der Waals surface area contributed by atoms with E-state index in [4.69, 9.17) is 4.74 Å². The van der Waals surface area contributed by atoms with Gasteiger partial charge in [-0.3, -0.25) is 0 Å². The van der Waals surface area contributed by atoms with Gasteiger partial charge in [-0.25, -0.2) is 9.38 Å². The zero-order valence-electron chi connectivity index (χ0n) is 9.71. The zero-order valence-corrected chi connectivity index (χ0v) is 9.71. The van der Waals surface area contributed by atoms with Crippen molar-refractivity contribution in [1.82, 2.24) is 0 Å². The van der Waals surface area contributed by atoms with Crippen molar-refractivity contribution in [2.24, 2.45) is 4.99 Å². The van der Waals surface area contributed by atoms with Crippen LogP contribution in [0.25, 0.3) is 0 Å². The molecule has 0 fully saturated rings. The Labute approximate surface area is 105 Å². The molecule has 0 saturated heterocycles. The maximum absolute atomic E-state index is 12.8. The number of rotatable bonds is 2. The third-order valence-electron chi connectivity index (χ3n) is 2.93. The Kier molecular flexibility index (Phi) is 2.81. The Morgan fingerprint density at radius 2 is 1.72 bits per heavy atom. The molecule has 18 heavy (non-hydrogen) atoms. The van der Waals surface area contributed by atoms with Crippen molar-refractivity contribution >= 4 is 5.90 Å². The van der Waals surface area contributed by atoms with Crippen LogP contribution in [0.1, 0.15) is 17.2 Å². The third kappa shape index (κ3) is 2.12. The quantitative estimate of drug-likeness (QED) is 0.790. The molecule has 0 aliphatic carbocycles. The van der Waals surface area contributed by atoms with Crippen LogP contribution in [0.2, 0.25) is 0 Å². The van der Waals surface area contributed by atoms with E-state index in [2.05, 4.69) is 4.99 Å². The van der Waals surface area contributed by atoms with Gasteiger partial charge >= 0.3 is 0 Å². The topological polar surface area (TPSA) is 21.6 Å². The molecule has 1 atom stereocenters. The van der Waals surface area contributed by atoms with Crippen molar-refractivity contribution in [3.8, 4) is 0 Å². The molecule has 0 saturated carbocycles. The van der Waals surface area contributed by atoms with Gasteiger partial charge in [0.15, 0.2) is 0 Å². The van der Waals surface area contributed by atoms with Crippen LogP contribution >= 0.6 is 0 Å². The summed E-state index contributed by atoms with van der Waals surface area (Å²) in [7, 11) is 0. The summed E-state index contributed by atoms with van der Waals surface area (Å²) in [6.07, 6.45) is 0. The fourth-order valence-corrected chi connectivity index (χ4v) is 1.97. The van der Waals surface area contributed by atoms with Crippen LogP contribution in [0, 0.1) is 5.82 Å². The lowest BCUT2D eigenvalue weighted by Crippen LogP contribution is -2.00. The molecule has 1 heterocycles. The normalized spacial score (nSPS) is 18.3. The Morgan fingerprint density at radius 3 is 2.44 bits per heavy atom. The Morgan fingerprint density at radius 1 is 1.00 bits per heavy atom. The summed E-state index contributed by atoms with van der Waals surface area (Å²) in [6, 6.07) is 16.1. The summed E-state index contributed by atoms with van der Waals surface area (Å²) in [6.45, 7) is 0.510. The van der Waals surface area contributed by atoms with E-state index in [-0.39, 0.29) is 11.9 Å². The van der Waals surface area contributed by atoms with Crippen LogP contribution in [0.15, 0.2) is 59.6 Å². The van der Waals surface area contributed by atoms with E-state index >= 15 is 0 Å². The highest BCUT2D eigenvalue weighted by Gasteiger charge is 2.21. The largest absolute Gasteiger partial charge is 0.475 e. The van der Waals surface area contributed by atoms with Gasteiger partial charge in [-0.15, -0.1) is 0 Å². The van der Waals surface area contributed by atoms with Gasteiger partial charge in [-0.05, 0) is 29.8 Å². The molecule has 3 heteroatoms. The number of benzene rings is 2. The number of hydrogen-bond donors (Lipinski definition) is 0. The lowest BCUT2D eigenvalue weighted by molar-refractivity contribution is 0.319. The zero-order chi connectivity index (χ0) is 12.4. The summed E-state index contributed by atoms with van der Waals surface area (Å²) >= 11 is 0. The molecular formula is C15H12FNO. The maximum atomic E-state index is 12.8. The average Bonchev–Trinajstić information content (AvgIpc) is 2.90. The van der Waals surface area contributed by atoms with Crippen LogP contribution in [-0.2, 0) is 4.74 Å². The summed E-state index contributed by atoms with van der Waals surface area (Å²) in [4.78, 5) is 4.53. The van der Waals surface area contributed by atoms with Crippen molar-refractivity contribution in [2.45, 2.75) is 6.04 Å². The van der Waals surface area contributed by atoms with Crippen LogP contribution in [0.3, 0.4) is 0 Å². The number of aliphatic imine (C=N–C) groups is 1. The second-order valence-corrected chi connectivity index (χ2v) is 4.18. The van der Waals surface area contributed by atoms with Gasteiger partial charge in [0, 0.05) is 5.56 Å². The van der Waals surface area contributed by atoms with E-state index in [0.717, 1.165) is 11.1 Å². The van der Waals surface area contributed by atoms with E-state index in [1.54, 1.807) is 12.1 Å². The first-order valence-electron chi connectivity index (χ1n) is 5.84. The van der Waals surface area contributed by atoms with Crippen molar-refractivity contribution in [3.05, 3.63) is 71.5 Å². The highest BCUT2D eigenvalue weighted by molar-refractivity contribution is 5.95. The van der Waals surface area contributed by atoms with E-state index in [9.17, 15) is 4.39 Å². The predicted molar refractivity (Wildman–Crippen MR) is 68.1 cm³/mol. The molecule has 0 bridgehead atoms. The van der Waals surface area contributed by atoms with Gasteiger partial charge in [0.1, 0.15) is 18.5 Å². The molecule has 2 aromatic carbocycles. The second-order valence-electron chi connectivity index (χ2n) is 4.18. The summed E-state index contributed by atoms with van der Waals surface area (Å²) < 4.78 is 18.4. The first kappa shape index (κ1) is 11.0. The predicted octanol–water partition coefficient (Wildman–Crippen LogP) is 3.34. The molecule has 1 aliphatic rings. The fraction of sp³-hybridized carbons (Fsp3) is 0.133. The van der Waals surface area contributed by atoms with Crippen molar-refractivity contribution in [3.63, 3.8) is 0 Å². The summed E-state index contributed by atoms with van der Waals surface area (Å²) in [5.41, 5.74) is 1.95. The highest BCUT2D eigenvalue weighted by Crippen LogP contribution is 2.25. The standard InChI is InChI=1S/C15H12FNO/c16-13-8-6-11(7-9-13)14-10-18-15(17-14)12-4-2-1-3-5-12/h1-9,14H,10H2/t14-/m0/s1. The average molecular weight is 241 g/mol. The highest BCUT2D eigenvalue weighted by atomic mass is 19.1. The first-order valence-corrected chi connectivity index (χ1v) is 5.84. The summed E-state index contributed by atoms with van der Waals surface area (Å²) in [5, 5.41) is 0. The van der Waals surface area contributed by atoms with E-state index in [1.807, 2.05) is 30.3 Å². The number of hydrogen-bond acceptors (Lipinski definition) is 2. The van der Waals surface area contributed by atoms with Crippen molar-refractivity contribution in [2.75, 3.05) is 6.61 Å². The van der Waals surface area contributed by atoms with Gasteiger partial charge in [0.05, 0.1) is 0 Å². The molecule has 2 aromatic rings. The van der Waals surface area contributed by atoms with Gasteiger partial charge in [0.25, 0.3) is 0 Å². The minimum Gasteiger partial charge on any atom is -0.475 e. The minimum absolute atomic E-state index is 0.0409. The monoisotopic (exact) mass is 241 g/mol. The van der Waals surface area contributed by atoms with E-state index < -0.39 is 0 Å². The third-order valence-corrected chi connectivity index (χ3v) is 2.93. The molecule has 0 N–H and O–H groups in total. The molecule has 0 amide bonds. The Bertz CT molecular complexity index is 563. The lowest BCUT2D eigenvalue weighted by atomic mass is 10.1. The molecule has 1 aliphatic heterocycles.